The predicted octanol–water partition coefficient (Wildman–Crippen LogP) is 13.7. The van der Waals surface area contributed by atoms with Crippen LogP contribution in [-0.2, 0) is 0 Å². The molecule has 0 aliphatic heterocycles. The van der Waals surface area contributed by atoms with Gasteiger partial charge < -0.3 is 0 Å². The fraction of sp³-hybridized carbons (Fsp3) is 0. The lowest BCUT2D eigenvalue weighted by Gasteiger charge is -2.12. The minimum absolute atomic E-state index is 0.650. The Morgan fingerprint density at radius 1 is 0.210 bits per heavy atom. The predicted molar refractivity (Wildman–Crippen MR) is 252 cm³/mol. The van der Waals surface area contributed by atoms with Crippen LogP contribution in [0.2, 0.25) is 0 Å². The minimum Gasteiger partial charge on any atom is -0.256 e. The highest BCUT2D eigenvalue weighted by atomic mass is 14.9. The van der Waals surface area contributed by atoms with Crippen LogP contribution in [0.4, 0.5) is 0 Å². The van der Waals surface area contributed by atoms with Crippen molar-refractivity contribution < 1.29 is 0 Å². The highest BCUT2D eigenvalue weighted by molar-refractivity contribution is 5.89. The first-order valence-corrected chi connectivity index (χ1v) is 20.6. The van der Waals surface area contributed by atoms with Crippen molar-refractivity contribution in [3.63, 3.8) is 0 Å². The third kappa shape index (κ3) is 7.38. The van der Waals surface area contributed by atoms with Gasteiger partial charge in [-0.1, -0.05) is 158 Å². The summed E-state index contributed by atoms with van der Waals surface area (Å²) >= 11 is 0. The molecule has 0 aliphatic rings. The highest BCUT2D eigenvalue weighted by Gasteiger charge is 2.15. The maximum atomic E-state index is 5.17. The standard InChI is InChI=1S/C56H36N6/c1-3-11-45-33-47(29-15-37(45)9-1)53-35-51(59-55(61-53)43-25-21-39(22-26-43)49-13-5-7-31-57-49)41-17-19-42(20-18-41)52-36-54(48-30-16-38-10-2-4-12-46(38)34-48)62-56(60-52)44-27-23-40(24-28-44)50-14-6-8-32-58-50/h1-36H. The fourth-order valence-electron chi connectivity index (χ4n) is 7.90. The van der Waals surface area contributed by atoms with Crippen LogP contribution < -0.4 is 0 Å². The van der Waals surface area contributed by atoms with Crippen LogP contribution >= 0.6 is 0 Å². The molecule has 0 unspecified atom stereocenters. The van der Waals surface area contributed by atoms with Gasteiger partial charge in [0, 0.05) is 56.9 Å². The molecule has 6 heteroatoms. The zero-order valence-electron chi connectivity index (χ0n) is 33.5. The largest absolute Gasteiger partial charge is 0.256 e. The van der Waals surface area contributed by atoms with Crippen molar-refractivity contribution in [2.75, 3.05) is 0 Å². The van der Waals surface area contributed by atoms with E-state index in [1.54, 1.807) is 0 Å². The Balaban J connectivity index is 0.991. The van der Waals surface area contributed by atoms with Crippen LogP contribution in [0.3, 0.4) is 0 Å². The monoisotopic (exact) mass is 792 g/mol. The Morgan fingerprint density at radius 3 is 0.887 bits per heavy atom. The van der Waals surface area contributed by atoms with Gasteiger partial charge in [-0.15, -0.1) is 0 Å². The van der Waals surface area contributed by atoms with Crippen molar-refractivity contribution in [1.82, 2.24) is 29.9 Å². The van der Waals surface area contributed by atoms with Crippen molar-refractivity contribution >= 4 is 21.5 Å². The Hall–Kier alpha value is -8.48. The lowest BCUT2D eigenvalue weighted by Crippen LogP contribution is -1.97. The molecule has 7 aromatic carbocycles. The molecule has 0 saturated carbocycles. The van der Waals surface area contributed by atoms with Gasteiger partial charge in [-0.2, -0.15) is 0 Å². The van der Waals surface area contributed by atoms with E-state index in [9.17, 15) is 0 Å². The molecule has 4 aromatic heterocycles. The average molecular weight is 793 g/mol. The Labute approximate surface area is 359 Å². The van der Waals surface area contributed by atoms with E-state index in [1.807, 2.05) is 48.8 Å². The van der Waals surface area contributed by atoms with Crippen molar-refractivity contribution in [2.45, 2.75) is 0 Å². The van der Waals surface area contributed by atoms with Crippen LogP contribution in [0.5, 0.6) is 0 Å². The molecule has 4 heterocycles. The molecule has 0 bridgehead atoms. The molecule has 0 radical (unpaired) electrons. The summed E-state index contributed by atoms with van der Waals surface area (Å²) in [6.07, 6.45) is 3.63. The van der Waals surface area contributed by atoms with Gasteiger partial charge in [0.25, 0.3) is 0 Å². The molecule has 0 fully saturated rings. The van der Waals surface area contributed by atoms with Gasteiger partial charge in [0.15, 0.2) is 11.6 Å². The fourth-order valence-corrected chi connectivity index (χ4v) is 7.90. The van der Waals surface area contributed by atoms with E-state index in [0.717, 1.165) is 89.4 Å². The first-order chi connectivity index (χ1) is 30.7. The summed E-state index contributed by atoms with van der Waals surface area (Å²) in [4.78, 5) is 29.7. The third-order valence-electron chi connectivity index (χ3n) is 11.2. The molecule has 0 amide bonds. The Bertz CT molecular complexity index is 3140. The van der Waals surface area contributed by atoms with Gasteiger partial charge >= 0.3 is 0 Å². The first-order valence-electron chi connectivity index (χ1n) is 20.6. The normalized spacial score (nSPS) is 11.2. The maximum Gasteiger partial charge on any atom is 0.160 e. The van der Waals surface area contributed by atoms with E-state index in [4.69, 9.17) is 19.9 Å². The summed E-state index contributed by atoms with van der Waals surface area (Å²) in [6, 6.07) is 70.9. The smallest absolute Gasteiger partial charge is 0.160 e. The van der Waals surface area contributed by atoms with Crippen LogP contribution in [0.25, 0.3) is 112 Å². The molecule has 11 rings (SSSR count). The molecule has 62 heavy (non-hydrogen) atoms. The van der Waals surface area contributed by atoms with Gasteiger partial charge in [-0.3, -0.25) is 9.97 Å². The summed E-state index contributed by atoms with van der Waals surface area (Å²) in [5, 5.41) is 4.69. The summed E-state index contributed by atoms with van der Waals surface area (Å²) in [5.74, 6) is 1.30. The number of hydrogen-bond donors (Lipinski definition) is 0. The lowest BCUT2D eigenvalue weighted by molar-refractivity contribution is 1.18. The van der Waals surface area contributed by atoms with E-state index in [0.29, 0.717) is 11.6 Å². The van der Waals surface area contributed by atoms with Crippen molar-refractivity contribution in [3.8, 4) is 90.3 Å². The van der Waals surface area contributed by atoms with E-state index in [2.05, 4.69) is 180 Å². The molecule has 6 nitrogen and oxygen atoms in total. The molecule has 11 aromatic rings. The second kappa shape index (κ2) is 15.9. The van der Waals surface area contributed by atoms with Gasteiger partial charge in [0.05, 0.1) is 34.2 Å². The average Bonchev–Trinajstić information content (AvgIpc) is 3.36. The molecule has 0 atom stereocenters. The number of benzene rings is 7. The molecular formula is C56H36N6. The Morgan fingerprint density at radius 2 is 0.516 bits per heavy atom. The van der Waals surface area contributed by atoms with E-state index in [-0.39, 0.29) is 0 Å². The zero-order chi connectivity index (χ0) is 41.2. The quantitative estimate of drug-likeness (QED) is 0.152. The van der Waals surface area contributed by atoms with E-state index in [1.165, 1.54) is 10.8 Å². The summed E-state index contributed by atoms with van der Waals surface area (Å²) < 4.78 is 0. The zero-order valence-corrected chi connectivity index (χ0v) is 33.5. The first kappa shape index (κ1) is 36.6. The number of hydrogen-bond acceptors (Lipinski definition) is 6. The Kier molecular flexibility index (Phi) is 9.41. The number of fused-ring (bicyclic) bond motifs is 2. The lowest BCUT2D eigenvalue weighted by atomic mass is 10.0. The number of nitrogens with zero attached hydrogens (tertiary/aromatic N) is 6. The SMILES string of the molecule is c1ccc(-c2ccc(-c3nc(-c4ccc(-c5cc(-c6ccc7ccccc7c6)nc(-c6ccc(-c7ccccn7)cc6)n5)cc4)cc(-c4ccc5ccccc5c4)n3)cc2)nc1. The van der Waals surface area contributed by atoms with Crippen LogP contribution in [0.15, 0.2) is 219 Å². The van der Waals surface area contributed by atoms with Gasteiger partial charge in [-0.05, 0) is 70.1 Å². The minimum atomic E-state index is 0.650. The van der Waals surface area contributed by atoms with Crippen molar-refractivity contribution in [2.24, 2.45) is 0 Å². The number of rotatable bonds is 8. The molecule has 0 spiro atoms. The van der Waals surface area contributed by atoms with Crippen LogP contribution in [-0.4, -0.2) is 29.9 Å². The van der Waals surface area contributed by atoms with Crippen molar-refractivity contribution in [3.05, 3.63) is 219 Å². The number of pyridine rings is 2. The maximum absolute atomic E-state index is 5.17. The molecule has 0 saturated heterocycles. The summed E-state index contributed by atoms with van der Waals surface area (Å²) in [6.45, 7) is 0. The highest BCUT2D eigenvalue weighted by Crippen LogP contribution is 2.34. The van der Waals surface area contributed by atoms with Gasteiger partial charge in [0.2, 0.25) is 0 Å². The van der Waals surface area contributed by atoms with Crippen LogP contribution in [0.1, 0.15) is 0 Å². The number of aromatic nitrogens is 6. The van der Waals surface area contributed by atoms with Gasteiger partial charge in [-0.25, -0.2) is 19.9 Å². The molecule has 290 valence electrons. The molecule has 0 aliphatic carbocycles. The second-order valence-corrected chi connectivity index (χ2v) is 15.2. The van der Waals surface area contributed by atoms with Gasteiger partial charge in [0.1, 0.15) is 0 Å². The summed E-state index contributed by atoms with van der Waals surface area (Å²) in [5.41, 5.74) is 13.1. The second-order valence-electron chi connectivity index (χ2n) is 15.2. The van der Waals surface area contributed by atoms with Crippen molar-refractivity contribution in [1.29, 1.82) is 0 Å². The van der Waals surface area contributed by atoms with E-state index >= 15 is 0 Å². The molecular weight excluding hydrogens is 757 g/mol. The van der Waals surface area contributed by atoms with Crippen LogP contribution in [0, 0.1) is 0 Å². The van der Waals surface area contributed by atoms with E-state index < -0.39 is 0 Å². The summed E-state index contributed by atoms with van der Waals surface area (Å²) in [7, 11) is 0. The topological polar surface area (TPSA) is 77.3 Å². The third-order valence-corrected chi connectivity index (χ3v) is 11.2. The molecule has 0 N–H and O–H groups in total.